The maximum absolute atomic E-state index is 12.5. The molecule has 6 nitrogen and oxygen atoms in total. The number of nitriles is 1. The van der Waals surface area contributed by atoms with Gasteiger partial charge in [0.1, 0.15) is 0 Å². The summed E-state index contributed by atoms with van der Waals surface area (Å²) in [5, 5.41) is 8.83. The summed E-state index contributed by atoms with van der Waals surface area (Å²) in [7, 11) is -3.34. The van der Waals surface area contributed by atoms with Gasteiger partial charge in [-0.05, 0) is 50.1 Å². The van der Waals surface area contributed by atoms with Crippen LogP contribution in [0, 0.1) is 17.2 Å². The van der Waals surface area contributed by atoms with Crippen LogP contribution in [0.15, 0.2) is 29.2 Å². The van der Waals surface area contributed by atoms with Crippen LogP contribution in [0.4, 0.5) is 0 Å². The molecule has 1 aromatic rings. The second-order valence-electron chi connectivity index (χ2n) is 7.83. The Kier molecular flexibility index (Phi) is 5.87. The highest BCUT2D eigenvalue weighted by Crippen LogP contribution is 2.31. The molecule has 1 amide bonds. The lowest BCUT2D eigenvalue weighted by Crippen LogP contribution is -2.56. The van der Waals surface area contributed by atoms with E-state index in [1.807, 2.05) is 24.8 Å². The number of piperazine rings is 1. The van der Waals surface area contributed by atoms with Gasteiger partial charge in [-0.3, -0.25) is 9.69 Å². The molecule has 2 atom stereocenters. The first-order valence-corrected chi connectivity index (χ1v) is 11.2. The number of carbonyl (C=O) groups is 1. The van der Waals surface area contributed by atoms with Crippen molar-refractivity contribution in [3.8, 4) is 6.07 Å². The molecule has 2 bridgehead atoms. The molecule has 7 heteroatoms. The molecule has 0 saturated carbocycles. The predicted molar refractivity (Wildman–Crippen MR) is 103 cm³/mol. The number of sulfone groups is 1. The summed E-state index contributed by atoms with van der Waals surface area (Å²) in [5.74, 6) is 0.340. The van der Waals surface area contributed by atoms with E-state index in [2.05, 4.69) is 4.90 Å². The summed E-state index contributed by atoms with van der Waals surface area (Å²) in [6.45, 7) is 6.13. The molecular formula is C20H27N3O3S. The summed E-state index contributed by atoms with van der Waals surface area (Å²) in [6, 6.07) is 8.79. The zero-order chi connectivity index (χ0) is 19.6. The number of fused-ring (bicyclic) bond motifs is 2. The first kappa shape index (κ1) is 19.8. The van der Waals surface area contributed by atoms with Crippen molar-refractivity contribution in [2.45, 2.75) is 50.1 Å². The average Bonchev–Trinajstić information content (AvgIpc) is 2.88. The smallest absolute Gasteiger partial charge is 0.225 e. The number of hydrogen-bond donors (Lipinski definition) is 0. The molecule has 2 saturated heterocycles. The van der Waals surface area contributed by atoms with Crippen molar-refractivity contribution in [3.05, 3.63) is 29.8 Å². The maximum Gasteiger partial charge on any atom is 0.225 e. The van der Waals surface area contributed by atoms with E-state index in [4.69, 9.17) is 5.26 Å². The number of carbonyl (C=O) groups excluding carboxylic acids is 1. The largest absolute Gasteiger partial charge is 0.339 e. The van der Waals surface area contributed by atoms with E-state index >= 15 is 0 Å². The molecule has 2 unspecified atom stereocenters. The van der Waals surface area contributed by atoms with Crippen molar-refractivity contribution in [3.63, 3.8) is 0 Å². The first-order valence-electron chi connectivity index (χ1n) is 9.59. The van der Waals surface area contributed by atoms with Crippen LogP contribution in [0.3, 0.4) is 0 Å². The Hall–Kier alpha value is -1.91. The number of benzene rings is 1. The van der Waals surface area contributed by atoms with E-state index in [0.717, 1.165) is 32.5 Å². The van der Waals surface area contributed by atoms with Gasteiger partial charge in [-0.25, -0.2) is 8.42 Å². The van der Waals surface area contributed by atoms with E-state index in [0.29, 0.717) is 24.1 Å². The molecular weight excluding hydrogens is 362 g/mol. The zero-order valence-electron chi connectivity index (χ0n) is 16.0. The average molecular weight is 390 g/mol. The second-order valence-corrected chi connectivity index (χ2v) is 9.94. The highest BCUT2D eigenvalue weighted by atomic mass is 32.2. The summed E-state index contributed by atoms with van der Waals surface area (Å²) < 4.78 is 25.0. The van der Waals surface area contributed by atoms with Crippen LogP contribution in [0.1, 0.15) is 38.7 Å². The van der Waals surface area contributed by atoms with Crippen LogP contribution < -0.4 is 0 Å². The number of nitrogens with zero attached hydrogens (tertiary/aromatic N) is 3. The fourth-order valence-corrected chi connectivity index (χ4v) is 5.49. The second kappa shape index (κ2) is 7.99. The van der Waals surface area contributed by atoms with Gasteiger partial charge >= 0.3 is 0 Å². The van der Waals surface area contributed by atoms with Gasteiger partial charge in [0.2, 0.25) is 5.91 Å². The molecule has 0 aromatic heterocycles. The number of rotatable bonds is 6. The van der Waals surface area contributed by atoms with Crippen molar-refractivity contribution in [2.24, 2.45) is 5.92 Å². The Bertz CT molecular complexity index is 813. The third-order valence-electron chi connectivity index (χ3n) is 5.61. The van der Waals surface area contributed by atoms with E-state index in [-0.39, 0.29) is 22.5 Å². The van der Waals surface area contributed by atoms with Crippen LogP contribution in [-0.2, 0) is 14.6 Å². The molecule has 0 radical (unpaired) electrons. The molecule has 1 aromatic carbocycles. The lowest BCUT2D eigenvalue weighted by Gasteiger charge is -2.41. The number of amides is 1. The molecule has 2 heterocycles. The summed E-state index contributed by atoms with van der Waals surface area (Å²) in [4.78, 5) is 16.9. The van der Waals surface area contributed by atoms with Crippen LogP contribution in [0.25, 0.3) is 0 Å². The lowest BCUT2D eigenvalue weighted by molar-refractivity contribution is -0.137. The van der Waals surface area contributed by atoms with Gasteiger partial charge in [0, 0.05) is 31.1 Å². The van der Waals surface area contributed by atoms with E-state index in [9.17, 15) is 13.2 Å². The van der Waals surface area contributed by atoms with Crippen molar-refractivity contribution < 1.29 is 13.2 Å². The van der Waals surface area contributed by atoms with Gasteiger partial charge in [0.25, 0.3) is 0 Å². The van der Waals surface area contributed by atoms with E-state index in [1.54, 1.807) is 0 Å². The first-order chi connectivity index (χ1) is 12.8. The Balaban J connectivity index is 1.55. The van der Waals surface area contributed by atoms with Crippen LogP contribution in [-0.4, -0.2) is 61.6 Å². The molecule has 3 rings (SSSR count). The SMILES string of the molecule is CC(C)C(=O)N1CC2CCC(C1)N2CCCS(=O)(=O)c1ccc(C#N)cc1. The molecule has 0 aliphatic carbocycles. The molecule has 27 heavy (non-hydrogen) atoms. The van der Waals surface area contributed by atoms with Crippen molar-refractivity contribution in [1.82, 2.24) is 9.80 Å². The Morgan fingerprint density at radius 2 is 1.78 bits per heavy atom. The van der Waals surface area contributed by atoms with E-state index < -0.39 is 9.84 Å². The van der Waals surface area contributed by atoms with Crippen molar-refractivity contribution >= 4 is 15.7 Å². The monoisotopic (exact) mass is 389 g/mol. The topological polar surface area (TPSA) is 81.5 Å². The molecule has 146 valence electrons. The third-order valence-corrected chi connectivity index (χ3v) is 7.43. The molecule has 0 spiro atoms. The Morgan fingerprint density at radius 1 is 1.19 bits per heavy atom. The highest BCUT2D eigenvalue weighted by molar-refractivity contribution is 7.91. The van der Waals surface area contributed by atoms with Gasteiger partial charge < -0.3 is 4.90 Å². The van der Waals surface area contributed by atoms with Crippen LogP contribution in [0.5, 0.6) is 0 Å². The van der Waals surface area contributed by atoms with Gasteiger partial charge in [-0.2, -0.15) is 5.26 Å². The Labute approximate surface area is 161 Å². The van der Waals surface area contributed by atoms with Crippen molar-refractivity contribution in [1.29, 1.82) is 5.26 Å². The van der Waals surface area contributed by atoms with Gasteiger partial charge in [-0.15, -0.1) is 0 Å². The standard InChI is InChI=1S/C20H27N3O3S/c1-15(2)20(24)22-13-17-6-7-18(14-22)23(17)10-3-11-27(25,26)19-8-4-16(12-21)5-9-19/h4-5,8-9,15,17-18H,3,6-7,10-11,13-14H2,1-2H3. The molecule has 2 fully saturated rings. The third kappa shape index (κ3) is 4.33. The number of likely N-dealkylation sites (tertiary alicyclic amines) is 1. The fraction of sp³-hybridized carbons (Fsp3) is 0.600. The maximum atomic E-state index is 12.5. The van der Waals surface area contributed by atoms with Gasteiger partial charge in [0.05, 0.1) is 22.3 Å². The van der Waals surface area contributed by atoms with E-state index in [1.165, 1.54) is 24.3 Å². The van der Waals surface area contributed by atoms with Gasteiger partial charge in [-0.1, -0.05) is 13.8 Å². The lowest BCUT2D eigenvalue weighted by atomic mass is 10.1. The number of hydrogen-bond acceptors (Lipinski definition) is 5. The molecule has 2 aliphatic heterocycles. The zero-order valence-corrected chi connectivity index (χ0v) is 16.8. The molecule has 2 aliphatic rings. The van der Waals surface area contributed by atoms with Gasteiger partial charge in [0.15, 0.2) is 9.84 Å². The quantitative estimate of drug-likeness (QED) is 0.744. The van der Waals surface area contributed by atoms with Crippen LogP contribution in [0.2, 0.25) is 0 Å². The van der Waals surface area contributed by atoms with Crippen molar-refractivity contribution in [2.75, 3.05) is 25.4 Å². The minimum atomic E-state index is -3.34. The summed E-state index contributed by atoms with van der Waals surface area (Å²) >= 11 is 0. The Morgan fingerprint density at radius 3 is 2.30 bits per heavy atom. The minimum absolute atomic E-state index is 0.0218. The fourth-order valence-electron chi connectivity index (χ4n) is 4.19. The highest BCUT2D eigenvalue weighted by Gasteiger charge is 2.41. The van der Waals surface area contributed by atoms with Crippen LogP contribution >= 0.6 is 0 Å². The molecule has 0 N–H and O–H groups in total. The summed E-state index contributed by atoms with van der Waals surface area (Å²) in [5.41, 5.74) is 0.458. The minimum Gasteiger partial charge on any atom is -0.339 e. The predicted octanol–water partition coefficient (Wildman–Crippen LogP) is 2.05. The normalized spacial score (nSPS) is 22.8. The summed E-state index contributed by atoms with van der Waals surface area (Å²) in [6.07, 6.45) is 2.73.